The first-order valence-corrected chi connectivity index (χ1v) is 34.6. The van der Waals surface area contributed by atoms with Crippen molar-refractivity contribution in [2.75, 3.05) is 13.2 Å². The Kier molecular flexibility index (Phi) is 64.6. The Morgan fingerprint density at radius 3 is 0.744 bits per heavy atom. The highest BCUT2D eigenvalue weighted by Crippen LogP contribution is 2.18. The van der Waals surface area contributed by atoms with Gasteiger partial charge in [-0.3, -0.25) is 14.4 Å². The van der Waals surface area contributed by atoms with Crippen molar-refractivity contribution in [2.24, 2.45) is 0 Å². The molecule has 0 saturated carbocycles. The van der Waals surface area contributed by atoms with Crippen molar-refractivity contribution >= 4 is 17.9 Å². The molecule has 6 nitrogen and oxygen atoms in total. The van der Waals surface area contributed by atoms with Crippen molar-refractivity contribution in [3.63, 3.8) is 0 Å². The summed E-state index contributed by atoms with van der Waals surface area (Å²) in [6.07, 6.45) is 84.2. The molecule has 456 valence electrons. The molecule has 0 fully saturated rings. The second-order valence-corrected chi connectivity index (χ2v) is 23.4. The summed E-state index contributed by atoms with van der Waals surface area (Å²) >= 11 is 0. The van der Waals surface area contributed by atoms with Crippen molar-refractivity contribution in [1.29, 1.82) is 0 Å². The minimum absolute atomic E-state index is 0.0756. The molecule has 0 aromatic rings. The molecule has 0 N–H and O–H groups in total. The second kappa shape index (κ2) is 66.9. The van der Waals surface area contributed by atoms with Gasteiger partial charge in [0, 0.05) is 19.3 Å². The fourth-order valence-electron chi connectivity index (χ4n) is 10.3. The quantitative estimate of drug-likeness (QED) is 0.0261. The van der Waals surface area contributed by atoms with Gasteiger partial charge in [-0.25, -0.2) is 0 Å². The van der Waals surface area contributed by atoms with Crippen molar-refractivity contribution < 1.29 is 28.6 Å². The summed E-state index contributed by atoms with van der Waals surface area (Å²) < 4.78 is 17.0. The van der Waals surface area contributed by atoms with E-state index < -0.39 is 6.10 Å². The van der Waals surface area contributed by atoms with Crippen molar-refractivity contribution in [3.05, 3.63) is 48.6 Å². The van der Waals surface area contributed by atoms with Gasteiger partial charge in [0.25, 0.3) is 0 Å². The first-order chi connectivity index (χ1) is 38.5. The fraction of sp³-hybridized carbons (Fsp3) is 0.847. The second-order valence-electron chi connectivity index (χ2n) is 23.4. The zero-order valence-corrected chi connectivity index (χ0v) is 52.5. The lowest BCUT2D eigenvalue weighted by Gasteiger charge is -2.18. The smallest absolute Gasteiger partial charge is 0.306 e. The Bertz CT molecular complexity index is 1350. The first-order valence-electron chi connectivity index (χ1n) is 34.6. The molecule has 1 atom stereocenters. The molecule has 1 unspecified atom stereocenters. The Hall–Kier alpha value is -2.63. The van der Waals surface area contributed by atoms with Gasteiger partial charge in [-0.2, -0.15) is 0 Å². The molecule has 6 heteroatoms. The van der Waals surface area contributed by atoms with E-state index in [1.54, 1.807) is 0 Å². The molecule has 0 aliphatic heterocycles. The van der Waals surface area contributed by atoms with Gasteiger partial charge in [-0.1, -0.05) is 301 Å². The van der Waals surface area contributed by atoms with Crippen LogP contribution in [0.3, 0.4) is 0 Å². The summed E-state index contributed by atoms with van der Waals surface area (Å²) in [5.74, 6) is -0.870. The van der Waals surface area contributed by atoms with Crippen LogP contribution in [0.25, 0.3) is 0 Å². The summed E-state index contributed by atoms with van der Waals surface area (Å²) in [5.41, 5.74) is 0. The number of ether oxygens (including phenoxy) is 3. The Morgan fingerprint density at radius 1 is 0.256 bits per heavy atom. The summed E-state index contributed by atoms with van der Waals surface area (Å²) in [7, 11) is 0. The molecule has 0 heterocycles. The number of carbonyl (C=O) groups excluding carboxylic acids is 3. The topological polar surface area (TPSA) is 78.9 Å². The van der Waals surface area contributed by atoms with Crippen LogP contribution in [0.4, 0.5) is 0 Å². The number of rotatable bonds is 64. The molecule has 0 radical (unpaired) electrons. The lowest BCUT2D eigenvalue weighted by Crippen LogP contribution is -2.30. The third-order valence-corrected chi connectivity index (χ3v) is 15.5. The van der Waals surface area contributed by atoms with Crippen molar-refractivity contribution in [3.8, 4) is 0 Å². The normalized spacial score (nSPS) is 12.3. The Labute approximate surface area is 486 Å². The summed E-state index contributed by atoms with van der Waals surface area (Å²) in [6.45, 7) is 6.65. The van der Waals surface area contributed by atoms with E-state index in [1.165, 1.54) is 257 Å². The lowest BCUT2D eigenvalue weighted by molar-refractivity contribution is -0.167. The van der Waals surface area contributed by atoms with Gasteiger partial charge in [-0.05, 0) is 103 Å². The number of unbranched alkanes of at least 4 members (excludes halogenated alkanes) is 45. The largest absolute Gasteiger partial charge is 0.462 e. The SMILES string of the molecule is CCCCC/C=C\C/C=C\CCCCCCCCCC(=O)OC(COC(=O)CCCCCCC/C=C\CCCCCCC)COC(=O)CCCCCCCCCCCCCCCCCCC/C=C\CCCCCCCCCC. The van der Waals surface area contributed by atoms with E-state index in [0.717, 1.165) is 77.0 Å². The van der Waals surface area contributed by atoms with Gasteiger partial charge in [0.05, 0.1) is 0 Å². The average molecular weight is 1090 g/mol. The molecular formula is C72H132O6. The maximum Gasteiger partial charge on any atom is 0.306 e. The highest BCUT2D eigenvalue weighted by Gasteiger charge is 2.19. The molecule has 0 bridgehead atoms. The van der Waals surface area contributed by atoms with Crippen molar-refractivity contribution in [1.82, 2.24) is 0 Å². The van der Waals surface area contributed by atoms with Crippen LogP contribution in [0, 0.1) is 0 Å². The number of hydrogen-bond donors (Lipinski definition) is 0. The highest BCUT2D eigenvalue weighted by atomic mass is 16.6. The number of carbonyl (C=O) groups is 3. The molecule has 0 spiro atoms. The van der Waals surface area contributed by atoms with E-state index in [9.17, 15) is 14.4 Å². The molecule has 0 aromatic carbocycles. The summed E-state index contributed by atoms with van der Waals surface area (Å²) in [4.78, 5) is 38.4. The van der Waals surface area contributed by atoms with E-state index in [4.69, 9.17) is 14.2 Å². The van der Waals surface area contributed by atoms with Crippen LogP contribution >= 0.6 is 0 Å². The van der Waals surface area contributed by atoms with Gasteiger partial charge < -0.3 is 14.2 Å². The van der Waals surface area contributed by atoms with Crippen LogP contribution in [-0.2, 0) is 28.6 Å². The number of allylic oxidation sites excluding steroid dienone is 8. The Morgan fingerprint density at radius 2 is 0.462 bits per heavy atom. The van der Waals surface area contributed by atoms with Crippen molar-refractivity contribution in [2.45, 2.75) is 380 Å². The Balaban J connectivity index is 4.20. The van der Waals surface area contributed by atoms with Gasteiger partial charge in [0.1, 0.15) is 13.2 Å². The van der Waals surface area contributed by atoms with E-state index in [2.05, 4.69) is 69.4 Å². The summed E-state index contributed by atoms with van der Waals surface area (Å²) in [6, 6.07) is 0. The first kappa shape index (κ1) is 75.4. The zero-order valence-electron chi connectivity index (χ0n) is 52.5. The predicted molar refractivity (Wildman–Crippen MR) is 339 cm³/mol. The van der Waals surface area contributed by atoms with Gasteiger partial charge in [-0.15, -0.1) is 0 Å². The summed E-state index contributed by atoms with van der Waals surface area (Å²) in [5, 5.41) is 0. The molecular weight excluding hydrogens is 961 g/mol. The van der Waals surface area contributed by atoms with E-state index >= 15 is 0 Å². The van der Waals surface area contributed by atoms with Crippen LogP contribution in [-0.4, -0.2) is 37.2 Å². The maximum atomic E-state index is 12.9. The molecule has 0 saturated heterocycles. The van der Waals surface area contributed by atoms with Crippen LogP contribution in [0.1, 0.15) is 374 Å². The van der Waals surface area contributed by atoms with E-state index in [-0.39, 0.29) is 31.1 Å². The van der Waals surface area contributed by atoms with Crippen LogP contribution in [0.2, 0.25) is 0 Å². The van der Waals surface area contributed by atoms with E-state index in [1.807, 2.05) is 0 Å². The third-order valence-electron chi connectivity index (χ3n) is 15.5. The lowest BCUT2D eigenvalue weighted by atomic mass is 10.0. The number of esters is 3. The van der Waals surface area contributed by atoms with Crippen LogP contribution in [0.15, 0.2) is 48.6 Å². The minimum atomic E-state index is -0.780. The molecule has 0 rings (SSSR count). The van der Waals surface area contributed by atoms with Gasteiger partial charge in [0.15, 0.2) is 6.10 Å². The minimum Gasteiger partial charge on any atom is -0.462 e. The molecule has 0 aliphatic carbocycles. The standard InChI is InChI=1S/C72H132O6/c1-4-7-10-13-16-19-22-25-28-30-31-32-33-34-35-36-37-38-39-40-41-43-44-47-50-53-56-59-62-65-71(74)77-68-69(67-76-70(73)64-61-58-55-52-49-46-27-24-21-18-15-12-9-6-3)78-72(75)66-63-60-57-54-51-48-45-42-29-26-23-20-17-14-11-8-5-2/h17,20,24,26-27,29-31,69H,4-16,18-19,21-23,25,28,32-68H2,1-3H3/b20-17-,27-24-,29-26-,31-30-. The molecule has 78 heavy (non-hydrogen) atoms. The van der Waals surface area contributed by atoms with Crippen LogP contribution < -0.4 is 0 Å². The fourth-order valence-corrected chi connectivity index (χ4v) is 10.3. The molecule has 0 aliphatic rings. The highest BCUT2D eigenvalue weighted by molar-refractivity contribution is 5.71. The van der Waals surface area contributed by atoms with Gasteiger partial charge >= 0.3 is 17.9 Å². The molecule has 0 aromatic heterocycles. The zero-order chi connectivity index (χ0) is 56.4. The van der Waals surface area contributed by atoms with Crippen LogP contribution in [0.5, 0.6) is 0 Å². The van der Waals surface area contributed by atoms with Gasteiger partial charge in [0.2, 0.25) is 0 Å². The number of hydrogen-bond acceptors (Lipinski definition) is 6. The third kappa shape index (κ3) is 64.2. The monoisotopic (exact) mass is 1090 g/mol. The average Bonchev–Trinajstić information content (AvgIpc) is 3.44. The van der Waals surface area contributed by atoms with E-state index in [0.29, 0.717) is 19.3 Å². The maximum absolute atomic E-state index is 12.9. The molecule has 0 amide bonds. The predicted octanol–water partition coefficient (Wildman–Crippen LogP) is 23.7.